The van der Waals surface area contributed by atoms with Crippen molar-refractivity contribution in [1.82, 2.24) is 5.32 Å². The number of amides is 1. The molecular formula is C20H26N2O4S. The highest BCUT2D eigenvalue weighted by molar-refractivity contribution is 7.92. The summed E-state index contributed by atoms with van der Waals surface area (Å²) in [5.41, 5.74) is 2.18. The Morgan fingerprint density at radius 1 is 1.15 bits per heavy atom. The van der Waals surface area contributed by atoms with E-state index in [1.54, 1.807) is 38.3 Å². The van der Waals surface area contributed by atoms with Crippen LogP contribution in [0.5, 0.6) is 0 Å². The van der Waals surface area contributed by atoms with Gasteiger partial charge in [0.2, 0.25) is 5.91 Å². The Kier molecular flexibility index (Phi) is 6.98. The molecule has 146 valence electrons. The van der Waals surface area contributed by atoms with E-state index in [0.29, 0.717) is 12.3 Å². The Morgan fingerprint density at radius 2 is 1.81 bits per heavy atom. The monoisotopic (exact) mass is 390 g/mol. The maximum absolute atomic E-state index is 13.3. The summed E-state index contributed by atoms with van der Waals surface area (Å²) in [7, 11) is -2.35. The van der Waals surface area contributed by atoms with Crippen molar-refractivity contribution in [1.29, 1.82) is 0 Å². The highest BCUT2D eigenvalue weighted by Crippen LogP contribution is 2.27. The fraction of sp³-hybridized carbons (Fsp3) is 0.350. The fourth-order valence-corrected chi connectivity index (χ4v) is 4.25. The van der Waals surface area contributed by atoms with Crippen molar-refractivity contribution in [2.75, 3.05) is 24.6 Å². The number of hydrogen-bond acceptors (Lipinski definition) is 4. The largest absolute Gasteiger partial charge is 0.383 e. The molecule has 0 fully saturated rings. The standard InChI is InChI=1S/C20H26N2O4S/c1-15-10-11-16(2)19(12-15)22(13-20(23)21-17(3)14-26-4)27(24,25)18-8-6-5-7-9-18/h5-12,17H,13-14H2,1-4H3,(H,21,23)/t17-/m0/s1. The smallest absolute Gasteiger partial charge is 0.264 e. The Balaban J connectivity index is 2.43. The average Bonchev–Trinajstić information content (AvgIpc) is 2.62. The van der Waals surface area contributed by atoms with E-state index >= 15 is 0 Å². The molecule has 0 aliphatic heterocycles. The first-order chi connectivity index (χ1) is 12.8. The second-order valence-corrected chi connectivity index (χ2v) is 8.40. The lowest BCUT2D eigenvalue weighted by atomic mass is 10.1. The van der Waals surface area contributed by atoms with Gasteiger partial charge in [-0.2, -0.15) is 0 Å². The molecule has 2 aromatic carbocycles. The van der Waals surface area contributed by atoms with Gasteiger partial charge >= 0.3 is 0 Å². The summed E-state index contributed by atoms with van der Waals surface area (Å²) in [5, 5.41) is 2.77. The molecule has 6 nitrogen and oxygen atoms in total. The van der Waals surface area contributed by atoms with Crippen molar-refractivity contribution < 1.29 is 17.9 Å². The summed E-state index contributed by atoms with van der Waals surface area (Å²) < 4.78 is 32.7. The number of sulfonamides is 1. The molecule has 1 atom stereocenters. The predicted octanol–water partition coefficient (Wildman–Crippen LogP) is 2.65. The summed E-state index contributed by atoms with van der Waals surface area (Å²) >= 11 is 0. The Hall–Kier alpha value is -2.38. The van der Waals surface area contributed by atoms with Gasteiger partial charge in [0, 0.05) is 13.2 Å². The lowest BCUT2D eigenvalue weighted by Crippen LogP contribution is -2.45. The molecule has 7 heteroatoms. The summed E-state index contributed by atoms with van der Waals surface area (Å²) in [6.07, 6.45) is 0. The minimum Gasteiger partial charge on any atom is -0.383 e. The zero-order chi connectivity index (χ0) is 20.0. The van der Waals surface area contributed by atoms with E-state index in [1.165, 1.54) is 16.4 Å². The molecule has 2 rings (SSSR count). The normalized spacial score (nSPS) is 12.4. The Labute approximate surface area is 161 Å². The molecule has 0 spiro atoms. The van der Waals surface area contributed by atoms with Crippen LogP contribution in [-0.2, 0) is 19.6 Å². The third-order valence-corrected chi connectivity index (χ3v) is 5.85. The molecule has 0 bridgehead atoms. The van der Waals surface area contributed by atoms with Crippen LogP contribution in [-0.4, -0.2) is 40.6 Å². The van der Waals surface area contributed by atoms with Crippen LogP contribution in [0, 0.1) is 13.8 Å². The second-order valence-electron chi connectivity index (χ2n) is 6.54. The average molecular weight is 391 g/mol. The van der Waals surface area contributed by atoms with E-state index < -0.39 is 10.0 Å². The minimum absolute atomic E-state index is 0.142. The number of carbonyl (C=O) groups excluding carboxylic acids is 1. The van der Waals surface area contributed by atoms with Gasteiger partial charge in [-0.3, -0.25) is 9.10 Å². The number of hydrogen-bond donors (Lipinski definition) is 1. The molecule has 0 saturated carbocycles. The van der Waals surface area contributed by atoms with Crippen LogP contribution in [0.3, 0.4) is 0 Å². The quantitative estimate of drug-likeness (QED) is 0.752. The van der Waals surface area contributed by atoms with E-state index in [2.05, 4.69) is 5.32 Å². The van der Waals surface area contributed by atoms with Gasteiger partial charge < -0.3 is 10.1 Å². The lowest BCUT2D eigenvalue weighted by molar-refractivity contribution is -0.120. The van der Waals surface area contributed by atoms with Crippen LogP contribution in [0.4, 0.5) is 5.69 Å². The molecule has 0 heterocycles. The van der Waals surface area contributed by atoms with Gasteiger partial charge in [-0.05, 0) is 50.1 Å². The van der Waals surface area contributed by atoms with Crippen LogP contribution >= 0.6 is 0 Å². The molecule has 0 aromatic heterocycles. The predicted molar refractivity (Wildman–Crippen MR) is 106 cm³/mol. The molecule has 0 saturated heterocycles. The molecule has 2 aromatic rings. The van der Waals surface area contributed by atoms with E-state index in [9.17, 15) is 13.2 Å². The van der Waals surface area contributed by atoms with Crippen LogP contribution in [0.15, 0.2) is 53.4 Å². The van der Waals surface area contributed by atoms with Crippen molar-refractivity contribution in [2.24, 2.45) is 0 Å². The number of methoxy groups -OCH3 is 1. The number of nitrogens with zero attached hydrogens (tertiary/aromatic N) is 1. The number of rotatable bonds is 8. The van der Waals surface area contributed by atoms with Gasteiger partial charge in [-0.1, -0.05) is 30.3 Å². The third-order valence-electron chi connectivity index (χ3n) is 4.08. The number of ether oxygens (including phenoxy) is 1. The van der Waals surface area contributed by atoms with Gasteiger partial charge in [-0.15, -0.1) is 0 Å². The highest BCUT2D eigenvalue weighted by Gasteiger charge is 2.28. The molecule has 0 aliphatic carbocycles. The van der Waals surface area contributed by atoms with E-state index in [-0.39, 0.29) is 23.4 Å². The molecule has 0 aliphatic rings. The number of nitrogens with one attached hydrogen (secondary N) is 1. The van der Waals surface area contributed by atoms with Gasteiger partial charge in [-0.25, -0.2) is 8.42 Å². The van der Waals surface area contributed by atoms with Crippen LogP contribution in [0.1, 0.15) is 18.1 Å². The zero-order valence-electron chi connectivity index (χ0n) is 16.1. The van der Waals surface area contributed by atoms with Gasteiger partial charge in [0.05, 0.1) is 17.2 Å². The highest BCUT2D eigenvalue weighted by atomic mass is 32.2. The Morgan fingerprint density at radius 3 is 2.44 bits per heavy atom. The summed E-state index contributed by atoms with van der Waals surface area (Å²) in [6.45, 7) is 5.55. The maximum atomic E-state index is 13.3. The van der Waals surface area contributed by atoms with Gasteiger partial charge in [0.25, 0.3) is 10.0 Å². The second kappa shape index (κ2) is 9.01. The zero-order valence-corrected chi connectivity index (χ0v) is 16.9. The van der Waals surface area contributed by atoms with Crippen LogP contribution in [0.2, 0.25) is 0 Å². The maximum Gasteiger partial charge on any atom is 0.264 e. The lowest BCUT2D eigenvalue weighted by Gasteiger charge is -2.26. The Bertz CT molecular complexity index is 882. The number of carbonyl (C=O) groups is 1. The number of anilines is 1. The van der Waals surface area contributed by atoms with E-state index in [4.69, 9.17) is 4.74 Å². The van der Waals surface area contributed by atoms with Gasteiger partial charge in [0.15, 0.2) is 0 Å². The minimum atomic E-state index is -3.90. The number of aryl methyl sites for hydroxylation is 2. The molecule has 0 radical (unpaired) electrons. The van der Waals surface area contributed by atoms with Crippen LogP contribution < -0.4 is 9.62 Å². The number of benzene rings is 2. The van der Waals surface area contributed by atoms with Crippen molar-refractivity contribution >= 4 is 21.6 Å². The fourth-order valence-electron chi connectivity index (χ4n) is 2.75. The molecule has 27 heavy (non-hydrogen) atoms. The van der Waals surface area contributed by atoms with Crippen molar-refractivity contribution in [3.8, 4) is 0 Å². The van der Waals surface area contributed by atoms with Crippen LogP contribution in [0.25, 0.3) is 0 Å². The molecular weight excluding hydrogens is 364 g/mol. The van der Waals surface area contributed by atoms with Crippen molar-refractivity contribution in [2.45, 2.75) is 31.7 Å². The topological polar surface area (TPSA) is 75.7 Å². The summed E-state index contributed by atoms with van der Waals surface area (Å²) in [4.78, 5) is 12.7. The summed E-state index contributed by atoms with van der Waals surface area (Å²) in [6, 6.07) is 13.4. The van der Waals surface area contributed by atoms with E-state index in [1.807, 2.05) is 26.0 Å². The molecule has 1 amide bonds. The first-order valence-corrected chi connectivity index (χ1v) is 10.1. The van der Waals surface area contributed by atoms with Gasteiger partial charge in [0.1, 0.15) is 6.54 Å². The molecule has 0 unspecified atom stereocenters. The van der Waals surface area contributed by atoms with E-state index in [0.717, 1.165) is 11.1 Å². The summed E-state index contributed by atoms with van der Waals surface area (Å²) in [5.74, 6) is -0.389. The third kappa shape index (κ3) is 5.30. The SMILES string of the molecule is COC[C@H](C)NC(=O)CN(c1cc(C)ccc1C)S(=O)(=O)c1ccccc1. The first-order valence-electron chi connectivity index (χ1n) is 8.69. The molecule has 1 N–H and O–H groups in total. The van der Waals surface area contributed by atoms with Crippen molar-refractivity contribution in [3.63, 3.8) is 0 Å². The van der Waals surface area contributed by atoms with Crippen molar-refractivity contribution in [3.05, 3.63) is 59.7 Å². The first kappa shape index (κ1) is 20.9.